The van der Waals surface area contributed by atoms with E-state index < -0.39 is 0 Å². The van der Waals surface area contributed by atoms with Gasteiger partial charge in [-0.15, -0.1) is 0 Å². The third kappa shape index (κ3) is 3.28. The summed E-state index contributed by atoms with van der Waals surface area (Å²) in [5.41, 5.74) is 1.62. The van der Waals surface area contributed by atoms with Crippen LogP contribution in [0.15, 0.2) is 49.1 Å². The fourth-order valence-corrected chi connectivity index (χ4v) is 1.52. The Morgan fingerprint density at radius 3 is 2.50 bits per heavy atom. The van der Waals surface area contributed by atoms with E-state index in [0.717, 1.165) is 5.56 Å². The lowest BCUT2D eigenvalue weighted by atomic mass is 10.1. The molecule has 0 fully saturated rings. The van der Waals surface area contributed by atoms with E-state index in [-0.39, 0.29) is 12.1 Å². The Labute approximate surface area is 105 Å². The van der Waals surface area contributed by atoms with Gasteiger partial charge in [0.1, 0.15) is 0 Å². The Kier molecular flexibility index (Phi) is 3.86. The van der Waals surface area contributed by atoms with Gasteiger partial charge in [-0.3, -0.25) is 9.97 Å². The lowest BCUT2D eigenvalue weighted by Crippen LogP contribution is -2.31. The van der Waals surface area contributed by atoms with E-state index in [1.807, 2.05) is 19.1 Å². The van der Waals surface area contributed by atoms with Crippen LogP contribution in [0, 0.1) is 0 Å². The second kappa shape index (κ2) is 5.77. The number of rotatable bonds is 3. The molecule has 18 heavy (non-hydrogen) atoms. The third-order valence-corrected chi connectivity index (χ3v) is 2.45. The summed E-state index contributed by atoms with van der Waals surface area (Å²) in [6.07, 6.45) is 6.68. The zero-order chi connectivity index (χ0) is 12.8. The summed E-state index contributed by atoms with van der Waals surface area (Å²) in [6, 6.07) is 6.94. The van der Waals surface area contributed by atoms with E-state index in [9.17, 15) is 4.79 Å². The first-order valence-corrected chi connectivity index (χ1v) is 5.63. The number of aromatic nitrogens is 2. The molecule has 92 valence electrons. The van der Waals surface area contributed by atoms with Crippen LogP contribution in [0.3, 0.4) is 0 Å². The highest BCUT2D eigenvalue weighted by Crippen LogP contribution is 2.10. The van der Waals surface area contributed by atoms with Crippen LogP contribution in [-0.4, -0.2) is 16.0 Å². The first-order chi connectivity index (χ1) is 8.75. The Hall–Kier alpha value is -2.43. The van der Waals surface area contributed by atoms with Crippen molar-refractivity contribution in [3.63, 3.8) is 0 Å². The van der Waals surface area contributed by atoms with Crippen molar-refractivity contribution >= 4 is 11.7 Å². The van der Waals surface area contributed by atoms with Crippen molar-refractivity contribution < 1.29 is 4.79 Å². The van der Waals surface area contributed by atoms with Gasteiger partial charge in [0.25, 0.3) is 0 Å². The number of amides is 2. The maximum atomic E-state index is 11.7. The quantitative estimate of drug-likeness (QED) is 0.868. The number of carbonyl (C=O) groups is 1. The Morgan fingerprint density at radius 1 is 1.17 bits per heavy atom. The van der Waals surface area contributed by atoms with Crippen molar-refractivity contribution in [3.8, 4) is 0 Å². The molecule has 0 spiro atoms. The molecule has 5 nitrogen and oxygen atoms in total. The van der Waals surface area contributed by atoms with E-state index in [1.54, 1.807) is 36.9 Å². The molecule has 1 atom stereocenters. The van der Waals surface area contributed by atoms with Gasteiger partial charge < -0.3 is 10.6 Å². The lowest BCUT2D eigenvalue weighted by molar-refractivity contribution is 0.249. The summed E-state index contributed by atoms with van der Waals surface area (Å²) in [5.74, 6) is 0. The molecule has 2 heterocycles. The van der Waals surface area contributed by atoms with Crippen LogP contribution in [0.4, 0.5) is 10.5 Å². The minimum Gasteiger partial charge on any atom is -0.331 e. The van der Waals surface area contributed by atoms with E-state index in [0.29, 0.717) is 5.69 Å². The van der Waals surface area contributed by atoms with Crippen molar-refractivity contribution in [1.29, 1.82) is 0 Å². The van der Waals surface area contributed by atoms with Gasteiger partial charge in [0.15, 0.2) is 0 Å². The third-order valence-electron chi connectivity index (χ3n) is 2.45. The van der Waals surface area contributed by atoms with Crippen molar-refractivity contribution in [2.75, 3.05) is 5.32 Å². The number of carbonyl (C=O) groups excluding carboxylic acids is 1. The zero-order valence-electron chi connectivity index (χ0n) is 10.00. The molecule has 2 amide bonds. The minimum absolute atomic E-state index is 0.102. The number of nitrogens with one attached hydrogen (secondary N) is 2. The number of pyridine rings is 2. The fraction of sp³-hybridized carbons (Fsp3) is 0.154. The van der Waals surface area contributed by atoms with Crippen LogP contribution in [0.5, 0.6) is 0 Å². The minimum atomic E-state index is -0.264. The maximum Gasteiger partial charge on any atom is 0.319 e. The van der Waals surface area contributed by atoms with E-state index in [4.69, 9.17) is 0 Å². The van der Waals surface area contributed by atoms with Gasteiger partial charge >= 0.3 is 6.03 Å². The molecule has 2 aromatic heterocycles. The second-order valence-corrected chi connectivity index (χ2v) is 3.85. The topological polar surface area (TPSA) is 66.9 Å². The molecule has 5 heteroatoms. The summed E-state index contributed by atoms with van der Waals surface area (Å²) in [7, 11) is 0. The standard InChI is InChI=1S/C13H14N4O/c1-10(11-4-2-6-14-8-11)16-13(18)17-12-5-3-7-15-9-12/h2-10H,1H3,(H2,16,17,18)/t10-/m0/s1. The number of anilines is 1. The SMILES string of the molecule is C[C@H](NC(=O)Nc1cccnc1)c1cccnc1. The highest BCUT2D eigenvalue weighted by Gasteiger charge is 2.09. The summed E-state index contributed by atoms with van der Waals surface area (Å²) >= 11 is 0. The Bertz CT molecular complexity index is 501. The molecular weight excluding hydrogens is 228 g/mol. The van der Waals surface area contributed by atoms with Gasteiger partial charge in [0.2, 0.25) is 0 Å². The first-order valence-electron chi connectivity index (χ1n) is 5.63. The van der Waals surface area contributed by atoms with Gasteiger partial charge in [0, 0.05) is 18.6 Å². The zero-order valence-corrected chi connectivity index (χ0v) is 10.00. The average Bonchev–Trinajstić information content (AvgIpc) is 2.40. The smallest absolute Gasteiger partial charge is 0.319 e. The van der Waals surface area contributed by atoms with Gasteiger partial charge in [-0.1, -0.05) is 6.07 Å². The highest BCUT2D eigenvalue weighted by molar-refractivity contribution is 5.89. The fourth-order valence-electron chi connectivity index (χ4n) is 1.52. The number of nitrogens with zero attached hydrogens (tertiary/aromatic N) is 2. The first kappa shape index (κ1) is 12.0. The van der Waals surface area contributed by atoms with Crippen LogP contribution in [-0.2, 0) is 0 Å². The number of hydrogen-bond acceptors (Lipinski definition) is 3. The van der Waals surface area contributed by atoms with Gasteiger partial charge in [0.05, 0.1) is 17.9 Å². The molecular formula is C13H14N4O. The van der Waals surface area contributed by atoms with Crippen LogP contribution in [0.1, 0.15) is 18.5 Å². The summed E-state index contributed by atoms with van der Waals surface area (Å²) < 4.78 is 0. The van der Waals surface area contributed by atoms with Crippen molar-refractivity contribution in [3.05, 3.63) is 54.6 Å². The van der Waals surface area contributed by atoms with E-state index in [1.165, 1.54) is 0 Å². The van der Waals surface area contributed by atoms with Crippen LogP contribution < -0.4 is 10.6 Å². The monoisotopic (exact) mass is 242 g/mol. The molecule has 2 N–H and O–H groups in total. The molecule has 0 saturated heterocycles. The summed E-state index contributed by atoms with van der Waals surface area (Å²) in [5, 5.41) is 5.54. The lowest BCUT2D eigenvalue weighted by Gasteiger charge is -2.14. The maximum absolute atomic E-state index is 11.7. The normalized spacial score (nSPS) is 11.6. The molecule has 0 aromatic carbocycles. The van der Waals surface area contributed by atoms with Crippen molar-refractivity contribution in [2.24, 2.45) is 0 Å². The average molecular weight is 242 g/mol. The summed E-state index contributed by atoms with van der Waals surface area (Å²) in [4.78, 5) is 19.7. The molecule has 0 saturated carbocycles. The van der Waals surface area contributed by atoms with Crippen molar-refractivity contribution in [2.45, 2.75) is 13.0 Å². The molecule has 0 radical (unpaired) electrons. The highest BCUT2D eigenvalue weighted by atomic mass is 16.2. The van der Waals surface area contributed by atoms with E-state index >= 15 is 0 Å². The van der Waals surface area contributed by atoms with Crippen molar-refractivity contribution in [1.82, 2.24) is 15.3 Å². The molecule has 2 aromatic rings. The summed E-state index contributed by atoms with van der Waals surface area (Å²) in [6.45, 7) is 1.90. The predicted molar refractivity (Wildman–Crippen MR) is 69.0 cm³/mol. The Balaban J connectivity index is 1.92. The largest absolute Gasteiger partial charge is 0.331 e. The number of hydrogen-bond donors (Lipinski definition) is 2. The molecule has 0 aliphatic heterocycles. The molecule has 0 unspecified atom stereocenters. The predicted octanol–water partition coefficient (Wildman–Crippen LogP) is 2.36. The van der Waals surface area contributed by atoms with Gasteiger partial charge in [-0.2, -0.15) is 0 Å². The Morgan fingerprint density at radius 2 is 1.89 bits per heavy atom. The molecule has 0 bridgehead atoms. The van der Waals surface area contributed by atoms with Crippen LogP contribution in [0.25, 0.3) is 0 Å². The van der Waals surface area contributed by atoms with E-state index in [2.05, 4.69) is 20.6 Å². The second-order valence-electron chi connectivity index (χ2n) is 3.85. The molecule has 0 aliphatic rings. The van der Waals surface area contributed by atoms with Gasteiger partial charge in [-0.05, 0) is 30.7 Å². The molecule has 2 rings (SSSR count). The van der Waals surface area contributed by atoms with Gasteiger partial charge in [-0.25, -0.2) is 4.79 Å². The van der Waals surface area contributed by atoms with Crippen LogP contribution >= 0.6 is 0 Å². The van der Waals surface area contributed by atoms with Crippen LogP contribution in [0.2, 0.25) is 0 Å². The number of urea groups is 1. The molecule has 0 aliphatic carbocycles.